The lowest BCUT2D eigenvalue weighted by Crippen LogP contribution is -1.93. The zero-order valence-electron chi connectivity index (χ0n) is 5.79. The Labute approximate surface area is 67.5 Å². The quantitative estimate of drug-likeness (QED) is 0.691. The highest BCUT2D eigenvalue weighted by molar-refractivity contribution is 7.14. The molecule has 11 heavy (non-hydrogen) atoms. The normalized spacial score (nSPS) is 9.09. The predicted octanol–water partition coefficient (Wildman–Crippen LogP) is 1.63. The maximum absolute atomic E-state index is 10.5. The van der Waals surface area contributed by atoms with Crippen molar-refractivity contribution in [3.8, 4) is 6.07 Å². The number of aromatic carboxylic acids is 1. The first kappa shape index (κ1) is 7.76. The minimum atomic E-state index is -1.03. The summed E-state index contributed by atoms with van der Waals surface area (Å²) in [4.78, 5) is 11.4. The van der Waals surface area contributed by atoms with Crippen LogP contribution in [0.15, 0.2) is 6.07 Å². The van der Waals surface area contributed by atoms with Gasteiger partial charge in [0.05, 0.1) is 5.56 Å². The van der Waals surface area contributed by atoms with Crippen molar-refractivity contribution in [1.29, 1.82) is 5.26 Å². The molecular weight excluding hydrogens is 162 g/mol. The van der Waals surface area contributed by atoms with Crippen molar-refractivity contribution in [1.82, 2.24) is 0 Å². The molecule has 3 nitrogen and oxygen atoms in total. The Balaban J connectivity index is 3.26. The molecular formula is C7H5NO2S. The van der Waals surface area contributed by atoms with E-state index in [9.17, 15) is 4.79 Å². The summed E-state index contributed by atoms with van der Waals surface area (Å²) < 4.78 is 0. The van der Waals surface area contributed by atoms with Crippen molar-refractivity contribution in [3.63, 3.8) is 0 Å². The fourth-order valence-electron chi connectivity index (χ4n) is 0.756. The van der Waals surface area contributed by atoms with Crippen LogP contribution >= 0.6 is 11.3 Å². The topological polar surface area (TPSA) is 61.1 Å². The molecule has 0 amide bonds. The lowest BCUT2D eigenvalue weighted by atomic mass is 10.2. The highest BCUT2D eigenvalue weighted by atomic mass is 32.1. The molecule has 1 N–H and O–H groups in total. The van der Waals surface area contributed by atoms with Crippen LogP contribution in [0.1, 0.15) is 20.1 Å². The summed E-state index contributed by atoms with van der Waals surface area (Å²) in [6.07, 6.45) is 0. The Hall–Kier alpha value is -1.34. The Morgan fingerprint density at radius 2 is 2.45 bits per heavy atom. The van der Waals surface area contributed by atoms with E-state index in [4.69, 9.17) is 10.4 Å². The monoisotopic (exact) mass is 167 g/mol. The van der Waals surface area contributed by atoms with Gasteiger partial charge in [-0.1, -0.05) is 0 Å². The van der Waals surface area contributed by atoms with E-state index < -0.39 is 5.97 Å². The van der Waals surface area contributed by atoms with E-state index in [1.54, 1.807) is 13.0 Å². The number of nitriles is 1. The second-order valence-electron chi connectivity index (χ2n) is 2.02. The van der Waals surface area contributed by atoms with E-state index in [1.807, 2.05) is 6.07 Å². The molecule has 0 spiro atoms. The van der Waals surface area contributed by atoms with Crippen LogP contribution in [0.4, 0.5) is 0 Å². The average molecular weight is 167 g/mol. The van der Waals surface area contributed by atoms with Gasteiger partial charge >= 0.3 is 5.97 Å². The van der Waals surface area contributed by atoms with Crippen LogP contribution in [-0.2, 0) is 0 Å². The summed E-state index contributed by atoms with van der Waals surface area (Å²) in [5, 5.41) is 17.0. The van der Waals surface area contributed by atoms with Gasteiger partial charge in [0.25, 0.3) is 0 Å². The third kappa shape index (κ3) is 1.38. The molecule has 0 aromatic carbocycles. The molecule has 0 aliphatic heterocycles. The second-order valence-corrected chi connectivity index (χ2v) is 3.27. The summed E-state index contributed by atoms with van der Waals surface area (Å²) in [7, 11) is 0. The number of nitrogens with zero attached hydrogens (tertiary/aromatic N) is 1. The standard InChI is InChI=1S/C7H5NO2S/c1-4-2-5(3-8)6(11-4)7(9)10/h2H,1H3,(H,9,10). The molecule has 56 valence electrons. The van der Waals surface area contributed by atoms with Crippen LogP contribution in [0.25, 0.3) is 0 Å². The molecule has 0 radical (unpaired) electrons. The molecule has 0 aliphatic carbocycles. The van der Waals surface area contributed by atoms with Crippen molar-refractivity contribution in [2.75, 3.05) is 0 Å². The molecule has 0 bridgehead atoms. The van der Waals surface area contributed by atoms with Crippen LogP contribution in [0.2, 0.25) is 0 Å². The number of rotatable bonds is 1. The van der Waals surface area contributed by atoms with E-state index in [-0.39, 0.29) is 10.4 Å². The van der Waals surface area contributed by atoms with Gasteiger partial charge in [-0.2, -0.15) is 5.26 Å². The van der Waals surface area contributed by atoms with E-state index in [0.29, 0.717) is 0 Å². The van der Waals surface area contributed by atoms with Crippen molar-refractivity contribution in [2.45, 2.75) is 6.92 Å². The molecule has 0 aliphatic rings. The third-order valence-electron chi connectivity index (χ3n) is 1.17. The number of hydrogen-bond donors (Lipinski definition) is 1. The van der Waals surface area contributed by atoms with Crippen LogP contribution in [-0.4, -0.2) is 11.1 Å². The predicted molar refractivity (Wildman–Crippen MR) is 40.7 cm³/mol. The smallest absolute Gasteiger partial charge is 0.347 e. The Morgan fingerprint density at radius 3 is 2.82 bits per heavy atom. The third-order valence-corrected chi connectivity index (χ3v) is 2.21. The number of hydrogen-bond acceptors (Lipinski definition) is 3. The van der Waals surface area contributed by atoms with Crippen LogP contribution in [0.5, 0.6) is 0 Å². The molecule has 0 unspecified atom stereocenters. The fraction of sp³-hybridized carbons (Fsp3) is 0.143. The molecule has 1 aromatic rings. The average Bonchev–Trinajstić information content (AvgIpc) is 2.30. The summed E-state index contributed by atoms with van der Waals surface area (Å²) in [6, 6.07) is 3.40. The lowest BCUT2D eigenvalue weighted by Gasteiger charge is -1.84. The Bertz CT molecular complexity index is 335. The van der Waals surface area contributed by atoms with Crippen LogP contribution in [0.3, 0.4) is 0 Å². The van der Waals surface area contributed by atoms with Gasteiger partial charge in [-0.3, -0.25) is 0 Å². The fourth-order valence-corrected chi connectivity index (χ4v) is 1.56. The summed E-state index contributed by atoms with van der Waals surface area (Å²) in [6.45, 7) is 1.78. The number of carboxylic acids is 1. The zero-order chi connectivity index (χ0) is 8.43. The van der Waals surface area contributed by atoms with E-state index in [0.717, 1.165) is 16.2 Å². The summed E-state index contributed by atoms with van der Waals surface area (Å²) in [5.41, 5.74) is 0.250. The number of thiophene rings is 1. The number of carboxylic acid groups (broad SMARTS) is 1. The maximum Gasteiger partial charge on any atom is 0.347 e. The van der Waals surface area contributed by atoms with E-state index in [1.165, 1.54) is 0 Å². The number of carbonyl (C=O) groups is 1. The van der Waals surface area contributed by atoms with Gasteiger partial charge in [-0.05, 0) is 13.0 Å². The molecule has 4 heteroatoms. The Kier molecular flexibility index (Phi) is 1.92. The van der Waals surface area contributed by atoms with E-state index in [2.05, 4.69) is 0 Å². The summed E-state index contributed by atoms with van der Waals surface area (Å²) >= 11 is 1.12. The summed E-state index contributed by atoms with van der Waals surface area (Å²) in [5.74, 6) is -1.03. The molecule has 1 aromatic heterocycles. The molecule has 0 saturated heterocycles. The second kappa shape index (κ2) is 2.72. The molecule has 0 atom stereocenters. The lowest BCUT2D eigenvalue weighted by molar-refractivity contribution is 0.0702. The van der Waals surface area contributed by atoms with Gasteiger partial charge in [-0.25, -0.2) is 4.79 Å². The Morgan fingerprint density at radius 1 is 1.82 bits per heavy atom. The van der Waals surface area contributed by atoms with E-state index >= 15 is 0 Å². The molecule has 0 saturated carbocycles. The first-order chi connectivity index (χ1) is 5.15. The highest BCUT2D eigenvalue weighted by Gasteiger charge is 2.12. The van der Waals surface area contributed by atoms with Crippen LogP contribution in [0, 0.1) is 18.3 Å². The van der Waals surface area contributed by atoms with Gasteiger partial charge in [0.15, 0.2) is 0 Å². The van der Waals surface area contributed by atoms with Crippen molar-refractivity contribution < 1.29 is 9.90 Å². The van der Waals surface area contributed by atoms with Gasteiger partial charge in [-0.15, -0.1) is 11.3 Å². The maximum atomic E-state index is 10.5. The van der Waals surface area contributed by atoms with Gasteiger partial charge in [0.1, 0.15) is 10.9 Å². The first-order valence-corrected chi connectivity index (χ1v) is 3.70. The zero-order valence-corrected chi connectivity index (χ0v) is 6.60. The van der Waals surface area contributed by atoms with Crippen LogP contribution < -0.4 is 0 Å². The number of aryl methyl sites for hydroxylation is 1. The first-order valence-electron chi connectivity index (χ1n) is 2.89. The highest BCUT2D eigenvalue weighted by Crippen LogP contribution is 2.20. The molecule has 0 fully saturated rings. The minimum absolute atomic E-state index is 0.130. The SMILES string of the molecule is Cc1cc(C#N)c(C(=O)O)s1. The molecule has 1 rings (SSSR count). The van der Waals surface area contributed by atoms with Gasteiger partial charge < -0.3 is 5.11 Å². The van der Waals surface area contributed by atoms with Gasteiger partial charge in [0, 0.05) is 4.88 Å². The molecule has 1 heterocycles. The van der Waals surface area contributed by atoms with Gasteiger partial charge in [0.2, 0.25) is 0 Å². The van der Waals surface area contributed by atoms with Crippen molar-refractivity contribution in [3.05, 3.63) is 21.4 Å². The largest absolute Gasteiger partial charge is 0.477 e. The van der Waals surface area contributed by atoms with Crippen molar-refractivity contribution >= 4 is 17.3 Å². The minimum Gasteiger partial charge on any atom is -0.477 e. The van der Waals surface area contributed by atoms with Crippen molar-refractivity contribution in [2.24, 2.45) is 0 Å².